The Morgan fingerprint density at radius 3 is 2.20 bits per heavy atom. The van der Waals surface area contributed by atoms with Gasteiger partial charge in [0.1, 0.15) is 11.5 Å². The lowest BCUT2D eigenvalue weighted by atomic mass is 9.84. The van der Waals surface area contributed by atoms with E-state index in [9.17, 15) is 14.7 Å². The Morgan fingerprint density at radius 1 is 0.971 bits per heavy atom. The molecule has 0 aliphatic carbocycles. The molecular formula is C30H31NO4. The van der Waals surface area contributed by atoms with Gasteiger partial charge in [-0.3, -0.25) is 14.5 Å². The van der Waals surface area contributed by atoms with Crippen molar-refractivity contribution < 1.29 is 19.4 Å². The molecule has 1 aliphatic heterocycles. The predicted octanol–water partition coefficient (Wildman–Crippen LogP) is 6.18. The summed E-state index contributed by atoms with van der Waals surface area (Å²) >= 11 is 0. The third-order valence-electron chi connectivity index (χ3n) is 6.46. The minimum Gasteiger partial charge on any atom is -0.507 e. The molecule has 5 nitrogen and oxygen atoms in total. The first kappa shape index (κ1) is 24.3. The van der Waals surface area contributed by atoms with Crippen LogP contribution in [0.1, 0.15) is 56.0 Å². The summed E-state index contributed by atoms with van der Waals surface area (Å²) in [4.78, 5) is 28.2. The van der Waals surface area contributed by atoms with Crippen molar-refractivity contribution in [3.63, 3.8) is 0 Å². The molecule has 1 fully saturated rings. The summed E-state index contributed by atoms with van der Waals surface area (Å²) in [5.41, 5.74) is 3.67. The molecule has 3 aromatic rings. The number of methoxy groups -OCH3 is 1. The van der Waals surface area contributed by atoms with Crippen molar-refractivity contribution in [1.29, 1.82) is 0 Å². The summed E-state index contributed by atoms with van der Waals surface area (Å²) in [6.45, 7) is 8.22. The van der Waals surface area contributed by atoms with Crippen molar-refractivity contribution >= 4 is 23.1 Å². The smallest absolute Gasteiger partial charge is 0.300 e. The number of aliphatic hydroxyl groups excluding tert-OH is 1. The van der Waals surface area contributed by atoms with Gasteiger partial charge < -0.3 is 9.84 Å². The van der Waals surface area contributed by atoms with Crippen LogP contribution in [0.5, 0.6) is 5.75 Å². The molecule has 0 radical (unpaired) electrons. The van der Waals surface area contributed by atoms with Crippen LogP contribution in [0.25, 0.3) is 5.76 Å². The molecule has 1 saturated heterocycles. The number of anilines is 1. The topological polar surface area (TPSA) is 66.8 Å². The van der Waals surface area contributed by atoms with Crippen LogP contribution >= 0.6 is 0 Å². The maximum atomic E-state index is 13.4. The summed E-state index contributed by atoms with van der Waals surface area (Å²) in [7, 11) is 1.61. The van der Waals surface area contributed by atoms with Crippen LogP contribution in [0.15, 0.2) is 78.4 Å². The molecule has 180 valence electrons. The number of ketones is 1. The average molecular weight is 470 g/mol. The zero-order chi connectivity index (χ0) is 25.3. The molecule has 0 saturated carbocycles. The zero-order valence-electron chi connectivity index (χ0n) is 20.8. The van der Waals surface area contributed by atoms with E-state index in [1.54, 1.807) is 19.2 Å². The third-order valence-corrected chi connectivity index (χ3v) is 6.46. The van der Waals surface area contributed by atoms with Crippen molar-refractivity contribution in [1.82, 2.24) is 0 Å². The monoisotopic (exact) mass is 469 g/mol. The van der Waals surface area contributed by atoms with Crippen molar-refractivity contribution in [3.8, 4) is 5.75 Å². The molecule has 0 bridgehead atoms. The molecule has 1 amide bonds. The molecule has 1 heterocycles. The fourth-order valence-corrected chi connectivity index (χ4v) is 4.54. The van der Waals surface area contributed by atoms with Crippen LogP contribution in [-0.2, 0) is 21.4 Å². The van der Waals surface area contributed by atoms with Crippen LogP contribution in [-0.4, -0.2) is 23.9 Å². The first-order valence-corrected chi connectivity index (χ1v) is 11.8. The molecular weight excluding hydrogens is 438 g/mol. The highest BCUT2D eigenvalue weighted by molar-refractivity contribution is 6.51. The summed E-state index contributed by atoms with van der Waals surface area (Å²) in [6, 6.07) is 21.5. The van der Waals surface area contributed by atoms with E-state index in [4.69, 9.17) is 4.74 Å². The molecule has 1 aliphatic rings. The summed E-state index contributed by atoms with van der Waals surface area (Å²) in [6.07, 6.45) is 0.870. The van der Waals surface area contributed by atoms with Gasteiger partial charge in [-0.1, -0.05) is 70.2 Å². The van der Waals surface area contributed by atoms with E-state index < -0.39 is 17.7 Å². The Hall–Kier alpha value is -3.86. The molecule has 35 heavy (non-hydrogen) atoms. The third kappa shape index (κ3) is 4.46. The Kier molecular flexibility index (Phi) is 6.53. The number of benzene rings is 3. The van der Waals surface area contributed by atoms with E-state index in [-0.39, 0.29) is 16.7 Å². The lowest BCUT2D eigenvalue weighted by Gasteiger charge is -2.26. The predicted molar refractivity (Wildman–Crippen MR) is 139 cm³/mol. The fraction of sp³-hybridized carbons (Fsp3) is 0.267. The number of hydrogen-bond donors (Lipinski definition) is 1. The number of Topliss-reactive ketones (excluding diaryl/α,β-unsaturated/α-hetero) is 1. The van der Waals surface area contributed by atoms with Gasteiger partial charge in [-0.15, -0.1) is 0 Å². The highest BCUT2D eigenvalue weighted by Gasteiger charge is 2.47. The van der Waals surface area contributed by atoms with Gasteiger partial charge in [0.15, 0.2) is 0 Å². The SMILES string of the molecule is CCc1ccc(N2C(=O)C(=O)/C(=C(\O)c3ccc(OC)c(C(C)(C)C)c3)C2c2ccccc2)cc1. The van der Waals surface area contributed by atoms with Crippen LogP contribution < -0.4 is 9.64 Å². The Balaban J connectivity index is 1.92. The summed E-state index contributed by atoms with van der Waals surface area (Å²) in [5, 5.41) is 11.5. The van der Waals surface area contributed by atoms with Gasteiger partial charge in [-0.25, -0.2) is 0 Å². The van der Waals surface area contributed by atoms with Gasteiger partial charge >= 0.3 is 0 Å². The van der Waals surface area contributed by atoms with Crippen LogP contribution in [0, 0.1) is 0 Å². The Labute approximate surface area is 206 Å². The van der Waals surface area contributed by atoms with Gasteiger partial charge in [0.05, 0.1) is 18.7 Å². The van der Waals surface area contributed by atoms with E-state index in [0.29, 0.717) is 17.0 Å². The number of ether oxygens (including phenoxy) is 1. The molecule has 0 aromatic heterocycles. The van der Waals surface area contributed by atoms with Gasteiger partial charge in [-0.2, -0.15) is 0 Å². The first-order chi connectivity index (χ1) is 16.7. The summed E-state index contributed by atoms with van der Waals surface area (Å²) < 4.78 is 5.53. The minimum absolute atomic E-state index is 0.0748. The van der Waals surface area contributed by atoms with Gasteiger partial charge in [0.2, 0.25) is 0 Å². The average Bonchev–Trinajstić information content (AvgIpc) is 3.13. The van der Waals surface area contributed by atoms with E-state index in [0.717, 1.165) is 23.1 Å². The number of aliphatic hydroxyl groups is 1. The molecule has 1 unspecified atom stereocenters. The van der Waals surface area contributed by atoms with Crippen molar-refractivity contribution in [2.75, 3.05) is 12.0 Å². The number of aryl methyl sites for hydroxylation is 1. The lowest BCUT2D eigenvalue weighted by molar-refractivity contribution is -0.132. The van der Waals surface area contributed by atoms with Crippen molar-refractivity contribution in [2.45, 2.75) is 45.6 Å². The molecule has 1 N–H and O–H groups in total. The minimum atomic E-state index is -0.746. The van der Waals surface area contributed by atoms with Gasteiger partial charge in [0, 0.05) is 16.8 Å². The normalized spacial score (nSPS) is 17.6. The number of amides is 1. The molecule has 0 spiro atoms. The number of hydrogen-bond acceptors (Lipinski definition) is 4. The number of carbonyl (C=O) groups is 2. The highest BCUT2D eigenvalue weighted by atomic mass is 16.5. The van der Waals surface area contributed by atoms with Crippen molar-refractivity contribution in [2.24, 2.45) is 0 Å². The zero-order valence-corrected chi connectivity index (χ0v) is 20.8. The highest BCUT2D eigenvalue weighted by Crippen LogP contribution is 2.43. The number of nitrogens with zero attached hydrogens (tertiary/aromatic N) is 1. The Bertz CT molecular complexity index is 1280. The maximum Gasteiger partial charge on any atom is 0.300 e. The second-order valence-electron chi connectivity index (χ2n) is 9.76. The summed E-state index contributed by atoms with van der Waals surface area (Å²) in [5.74, 6) is -0.860. The van der Waals surface area contributed by atoms with Crippen molar-refractivity contribution in [3.05, 3.63) is 101 Å². The van der Waals surface area contributed by atoms with Crippen LogP contribution in [0.3, 0.4) is 0 Å². The molecule has 5 heteroatoms. The molecule has 1 atom stereocenters. The largest absolute Gasteiger partial charge is 0.507 e. The first-order valence-electron chi connectivity index (χ1n) is 11.8. The van der Waals surface area contributed by atoms with Crippen LogP contribution in [0.2, 0.25) is 0 Å². The second-order valence-corrected chi connectivity index (χ2v) is 9.76. The molecule has 4 rings (SSSR count). The van der Waals surface area contributed by atoms with E-state index in [1.165, 1.54) is 4.90 Å². The number of carbonyl (C=O) groups excluding carboxylic acids is 2. The molecule has 3 aromatic carbocycles. The Morgan fingerprint density at radius 2 is 1.63 bits per heavy atom. The maximum absolute atomic E-state index is 13.4. The quantitative estimate of drug-likeness (QED) is 0.275. The van der Waals surface area contributed by atoms with E-state index in [2.05, 4.69) is 27.7 Å². The van der Waals surface area contributed by atoms with E-state index >= 15 is 0 Å². The van der Waals surface area contributed by atoms with E-state index in [1.807, 2.05) is 60.7 Å². The van der Waals surface area contributed by atoms with Gasteiger partial charge in [-0.05, 0) is 53.3 Å². The van der Waals surface area contributed by atoms with Gasteiger partial charge in [0.25, 0.3) is 11.7 Å². The lowest BCUT2D eigenvalue weighted by Crippen LogP contribution is -2.29. The fourth-order valence-electron chi connectivity index (χ4n) is 4.54. The number of rotatable bonds is 5. The standard InChI is InChI=1S/C30H31NO4/c1-6-19-12-15-22(16-13-19)31-26(20-10-8-7-9-11-20)25(28(33)29(31)34)27(32)21-14-17-24(35-5)23(18-21)30(2,3)4/h7-18,26,32H,6H2,1-5H3/b27-25-. The second kappa shape index (κ2) is 9.41. The van der Waals surface area contributed by atoms with Crippen LogP contribution in [0.4, 0.5) is 5.69 Å².